The predicted molar refractivity (Wildman–Crippen MR) is 102 cm³/mol. The van der Waals surface area contributed by atoms with E-state index in [-0.39, 0.29) is 41.2 Å². The average Bonchev–Trinajstić information content (AvgIpc) is 2.69. The van der Waals surface area contributed by atoms with Crippen molar-refractivity contribution in [2.24, 2.45) is 11.5 Å². The van der Waals surface area contributed by atoms with Crippen LogP contribution in [0.2, 0.25) is 0 Å². The lowest BCUT2D eigenvalue weighted by molar-refractivity contribution is -0.137. The van der Waals surface area contributed by atoms with Gasteiger partial charge in [0.2, 0.25) is 0 Å². The van der Waals surface area contributed by atoms with E-state index >= 15 is 0 Å². The van der Waals surface area contributed by atoms with Crippen molar-refractivity contribution in [2.45, 2.75) is 12.7 Å². The highest BCUT2D eigenvalue weighted by Gasteiger charge is 2.33. The van der Waals surface area contributed by atoms with Gasteiger partial charge in [-0.1, -0.05) is 36.4 Å². The molecule has 0 aliphatic heterocycles. The lowest BCUT2D eigenvalue weighted by Crippen LogP contribution is -2.29. The lowest BCUT2D eigenvalue weighted by atomic mass is 9.97. The second-order valence-corrected chi connectivity index (χ2v) is 6.25. The molecule has 9 heteroatoms. The molecule has 3 aromatic rings. The number of nitrogens with zero attached hydrogens (tertiary/aromatic N) is 2. The minimum atomic E-state index is -4.54. The third kappa shape index (κ3) is 4.19. The van der Waals surface area contributed by atoms with Crippen molar-refractivity contribution >= 4 is 5.91 Å². The number of aromatic nitrogens is 2. The number of nitrogens with two attached hydrogens (primary N) is 2. The van der Waals surface area contributed by atoms with Crippen LogP contribution in [0.1, 0.15) is 16.1 Å². The topological polar surface area (TPSA) is 104 Å². The summed E-state index contributed by atoms with van der Waals surface area (Å²) in [5, 5.41) is 0. The number of alkyl halides is 3. The van der Waals surface area contributed by atoms with E-state index < -0.39 is 23.2 Å². The molecule has 1 heterocycles. The molecule has 150 valence electrons. The van der Waals surface area contributed by atoms with Crippen LogP contribution in [0, 0.1) is 0 Å². The molecule has 0 saturated heterocycles. The van der Waals surface area contributed by atoms with Crippen LogP contribution in [0.4, 0.5) is 13.2 Å². The SMILES string of the molecule is NCCn1cc(C(N)=O)nc(-c2cccc(-c3ccccc3C(F)(F)F)c2)c1=O. The van der Waals surface area contributed by atoms with E-state index in [2.05, 4.69) is 4.98 Å². The summed E-state index contributed by atoms with van der Waals surface area (Å²) in [5.74, 6) is -0.837. The molecular formula is C20H17F3N4O2. The van der Waals surface area contributed by atoms with Gasteiger partial charge in [0.05, 0.1) is 5.56 Å². The van der Waals surface area contributed by atoms with Crippen molar-refractivity contribution < 1.29 is 18.0 Å². The Morgan fingerprint density at radius 2 is 1.76 bits per heavy atom. The molecule has 4 N–H and O–H groups in total. The van der Waals surface area contributed by atoms with Crippen molar-refractivity contribution in [1.29, 1.82) is 0 Å². The molecule has 0 fully saturated rings. The zero-order valence-corrected chi connectivity index (χ0v) is 15.1. The van der Waals surface area contributed by atoms with Gasteiger partial charge in [0.1, 0.15) is 11.4 Å². The third-order valence-electron chi connectivity index (χ3n) is 4.28. The van der Waals surface area contributed by atoms with E-state index in [0.29, 0.717) is 0 Å². The smallest absolute Gasteiger partial charge is 0.364 e. The highest BCUT2D eigenvalue weighted by atomic mass is 19.4. The van der Waals surface area contributed by atoms with Gasteiger partial charge in [-0.25, -0.2) is 4.98 Å². The third-order valence-corrected chi connectivity index (χ3v) is 4.28. The van der Waals surface area contributed by atoms with Crippen molar-refractivity contribution in [3.05, 3.63) is 76.3 Å². The Kier molecular flexibility index (Phi) is 5.51. The maximum atomic E-state index is 13.4. The van der Waals surface area contributed by atoms with Gasteiger partial charge in [-0.05, 0) is 23.3 Å². The fourth-order valence-electron chi connectivity index (χ4n) is 2.97. The molecule has 0 radical (unpaired) electrons. The fourth-order valence-corrected chi connectivity index (χ4v) is 2.97. The van der Waals surface area contributed by atoms with Gasteiger partial charge in [0.15, 0.2) is 0 Å². The second-order valence-electron chi connectivity index (χ2n) is 6.25. The van der Waals surface area contributed by atoms with Crippen LogP contribution < -0.4 is 17.0 Å². The summed E-state index contributed by atoms with van der Waals surface area (Å²) in [6.45, 7) is 0.270. The van der Waals surface area contributed by atoms with E-state index in [1.165, 1.54) is 53.2 Å². The number of hydrogen-bond donors (Lipinski definition) is 2. The maximum Gasteiger partial charge on any atom is 0.417 e. The molecule has 0 aliphatic rings. The molecule has 3 rings (SSSR count). The monoisotopic (exact) mass is 402 g/mol. The molecule has 0 spiro atoms. The van der Waals surface area contributed by atoms with E-state index in [0.717, 1.165) is 6.07 Å². The average molecular weight is 402 g/mol. The molecule has 0 unspecified atom stereocenters. The van der Waals surface area contributed by atoms with Crippen LogP contribution in [0.5, 0.6) is 0 Å². The molecule has 0 aliphatic carbocycles. The van der Waals surface area contributed by atoms with Gasteiger partial charge in [-0.3, -0.25) is 9.59 Å². The largest absolute Gasteiger partial charge is 0.417 e. The summed E-state index contributed by atoms with van der Waals surface area (Å²) >= 11 is 0. The predicted octanol–water partition coefficient (Wildman–Crippen LogP) is 2.65. The number of primary amides is 1. The van der Waals surface area contributed by atoms with Gasteiger partial charge in [-0.15, -0.1) is 0 Å². The van der Waals surface area contributed by atoms with Crippen LogP contribution >= 0.6 is 0 Å². The van der Waals surface area contributed by atoms with Gasteiger partial charge < -0.3 is 16.0 Å². The highest BCUT2D eigenvalue weighted by Crippen LogP contribution is 2.37. The highest BCUT2D eigenvalue weighted by molar-refractivity contribution is 5.91. The summed E-state index contributed by atoms with van der Waals surface area (Å²) in [4.78, 5) is 28.3. The maximum absolute atomic E-state index is 13.4. The first-order valence-corrected chi connectivity index (χ1v) is 8.60. The molecule has 1 amide bonds. The Hall–Kier alpha value is -3.46. The summed E-state index contributed by atoms with van der Waals surface area (Å²) in [6, 6.07) is 11.1. The molecule has 0 atom stereocenters. The zero-order chi connectivity index (χ0) is 21.2. The summed E-state index contributed by atoms with van der Waals surface area (Å²) in [6.07, 6.45) is -3.32. The lowest BCUT2D eigenvalue weighted by Gasteiger charge is -2.14. The van der Waals surface area contributed by atoms with Crippen molar-refractivity contribution in [2.75, 3.05) is 6.54 Å². The standard InChI is InChI=1S/C20H17F3N4O2/c21-20(22,23)15-7-2-1-6-14(15)12-4-3-5-13(10-12)17-19(29)27(9-8-24)11-16(26-17)18(25)28/h1-7,10-11H,8-9,24H2,(H2,25,28). The Balaban J connectivity index is 2.20. The number of rotatable bonds is 5. The Bertz CT molecular complexity index is 1120. The Morgan fingerprint density at radius 3 is 2.41 bits per heavy atom. The number of benzene rings is 2. The number of amides is 1. The van der Waals surface area contributed by atoms with Gasteiger partial charge in [-0.2, -0.15) is 13.2 Å². The van der Waals surface area contributed by atoms with Crippen LogP contribution in [0.3, 0.4) is 0 Å². The van der Waals surface area contributed by atoms with Crippen LogP contribution in [-0.2, 0) is 12.7 Å². The van der Waals surface area contributed by atoms with Crippen molar-refractivity contribution in [3.63, 3.8) is 0 Å². The molecule has 6 nitrogen and oxygen atoms in total. The second kappa shape index (κ2) is 7.88. The minimum absolute atomic E-state index is 0.0322. The van der Waals surface area contributed by atoms with Crippen molar-refractivity contribution in [1.82, 2.24) is 9.55 Å². The van der Waals surface area contributed by atoms with Gasteiger partial charge >= 0.3 is 6.18 Å². The molecule has 0 bridgehead atoms. The number of hydrogen-bond acceptors (Lipinski definition) is 4. The normalized spacial score (nSPS) is 11.4. The van der Waals surface area contributed by atoms with Crippen molar-refractivity contribution in [3.8, 4) is 22.4 Å². The molecule has 2 aromatic carbocycles. The van der Waals surface area contributed by atoms with Crippen LogP contribution in [0.25, 0.3) is 22.4 Å². The number of carbonyl (C=O) groups excluding carboxylic acids is 1. The molecule has 0 saturated carbocycles. The van der Waals surface area contributed by atoms with Gasteiger partial charge in [0, 0.05) is 24.8 Å². The van der Waals surface area contributed by atoms with Crippen LogP contribution in [0.15, 0.2) is 59.5 Å². The first-order valence-electron chi connectivity index (χ1n) is 8.60. The zero-order valence-electron chi connectivity index (χ0n) is 15.1. The minimum Gasteiger partial charge on any atom is -0.364 e. The quantitative estimate of drug-likeness (QED) is 0.685. The first kappa shape index (κ1) is 20.3. The molecular weight excluding hydrogens is 385 g/mol. The summed E-state index contributed by atoms with van der Waals surface area (Å²) < 4.78 is 41.3. The molecule has 1 aromatic heterocycles. The fraction of sp³-hybridized carbons (Fsp3) is 0.150. The first-order chi connectivity index (χ1) is 13.7. The van der Waals surface area contributed by atoms with E-state index in [9.17, 15) is 22.8 Å². The van der Waals surface area contributed by atoms with Gasteiger partial charge in [0.25, 0.3) is 11.5 Å². The number of halogens is 3. The van der Waals surface area contributed by atoms with E-state index in [1.807, 2.05) is 0 Å². The van der Waals surface area contributed by atoms with Crippen LogP contribution in [-0.4, -0.2) is 22.0 Å². The summed E-state index contributed by atoms with van der Waals surface area (Å²) in [5.41, 5.74) is 9.72. The summed E-state index contributed by atoms with van der Waals surface area (Å²) in [7, 11) is 0. The molecule has 29 heavy (non-hydrogen) atoms. The van der Waals surface area contributed by atoms with E-state index in [4.69, 9.17) is 11.5 Å². The number of carbonyl (C=O) groups is 1. The van der Waals surface area contributed by atoms with E-state index in [1.54, 1.807) is 0 Å². The Morgan fingerprint density at radius 1 is 1.07 bits per heavy atom. The Labute approximate surface area is 163 Å².